The second kappa shape index (κ2) is 8.65. The molecule has 0 spiro atoms. The summed E-state index contributed by atoms with van der Waals surface area (Å²) in [5, 5.41) is 13.4. The Balaban J connectivity index is 2.40. The first kappa shape index (κ1) is 19.0. The molecule has 7 heteroatoms. The highest BCUT2D eigenvalue weighted by Gasteiger charge is 2.11. The van der Waals surface area contributed by atoms with Gasteiger partial charge in [0.15, 0.2) is 11.5 Å². The summed E-state index contributed by atoms with van der Waals surface area (Å²) in [6.45, 7) is 0. The van der Waals surface area contributed by atoms with Gasteiger partial charge in [-0.25, -0.2) is 0 Å². The molecule has 0 heterocycles. The van der Waals surface area contributed by atoms with E-state index in [1.165, 1.54) is 0 Å². The zero-order valence-electron chi connectivity index (χ0n) is 13.9. The van der Waals surface area contributed by atoms with Crippen LogP contribution < -0.4 is 14.2 Å². The SMILES string of the molecule is COc1cc(OC)c(OC)cc1/C=C/C(=N/O)c1ccc(Cl)c(Cl)c1. The maximum Gasteiger partial charge on any atom is 0.164 e. The molecule has 0 bridgehead atoms. The van der Waals surface area contributed by atoms with Crippen molar-refractivity contribution in [3.63, 3.8) is 0 Å². The van der Waals surface area contributed by atoms with E-state index < -0.39 is 0 Å². The molecule has 0 aromatic heterocycles. The van der Waals surface area contributed by atoms with Crippen molar-refractivity contribution in [3.05, 3.63) is 57.6 Å². The van der Waals surface area contributed by atoms with Gasteiger partial charge < -0.3 is 19.4 Å². The molecule has 0 amide bonds. The Bertz CT molecular complexity index is 819. The van der Waals surface area contributed by atoms with Gasteiger partial charge in [-0.1, -0.05) is 34.4 Å². The van der Waals surface area contributed by atoms with Gasteiger partial charge in [-0.05, 0) is 30.4 Å². The summed E-state index contributed by atoms with van der Waals surface area (Å²) in [4.78, 5) is 0. The number of methoxy groups -OCH3 is 3. The van der Waals surface area contributed by atoms with Crippen LogP contribution in [-0.4, -0.2) is 32.2 Å². The first-order chi connectivity index (χ1) is 12.0. The van der Waals surface area contributed by atoms with Gasteiger partial charge in [0.1, 0.15) is 11.5 Å². The standard InChI is InChI=1S/C18H17Cl2NO4/c1-23-16-10-18(25-3)17(24-2)9-12(16)5-7-15(21-22)11-4-6-13(19)14(20)8-11/h4-10,22H,1-3H3/b7-5+,21-15-. The first-order valence-electron chi connectivity index (χ1n) is 7.19. The topological polar surface area (TPSA) is 60.3 Å². The molecule has 2 aromatic rings. The molecular weight excluding hydrogens is 365 g/mol. The van der Waals surface area contributed by atoms with Gasteiger partial charge in [0, 0.05) is 17.2 Å². The molecule has 0 unspecified atom stereocenters. The van der Waals surface area contributed by atoms with Crippen LogP contribution in [0.2, 0.25) is 10.0 Å². The maximum absolute atomic E-state index is 9.31. The van der Waals surface area contributed by atoms with Crippen LogP contribution >= 0.6 is 23.2 Å². The lowest BCUT2D eigenvalue weighted by molar-refractivity contribution is 0.320. The average molecular weight is 382 g/mol. The van der Waals surface area contributed by atoms with E-state index >= 15 is 0 Å². The Morgan fingerprint density at radius 1 is 0.920 bits per heavy atom. The number of ether oxygens (including phenoxy) is 3. The molecule has 0 radical (unpaired) electrons. The Kier molecular flexibility index (Phi) is 6.56. The lowest BCUT2D eigenvalue weighted by atomic mass is 10.1. The van der Waals surface area contributed by atoms with Crippen LogP contribution in [0, 0.1) is 0 Å². The number of benzene rings is 2. The Hall–Kier alpha value is -2.37. The monoisotopic (exact) mass is 381 g/mol. The molecule has 0 saturated carbocycles. The van der Waals surface area contributed by atoms with Crippen LogP contribution in [-0.2, 0) is 0 Å². The number of oxime groups is 1. The third-order valence-corrected chi connectivity index (χ3v) is 4.22. The predicted octanol–water partition coefficient (Wildman–Crippen LogP) is 4.91. The molecule has 2 aromatic carbocycles. The maximum atomic E-state index is 9.31. The lowest BCUT2D eigenvalue weighted by Crippen LogP contribution is -1.98. The fourth-order valence-electron chi connectivity index (χ4n) is 2.19. The highest BCUT2D eigenvalue weighted by atomic mass is 35.5. The van der Waals surface area contributed by atoms with Crippen molar-refractivity contribution >= 4 is 35.0 Å². The largest absolute Gasteiger partial charge is 0.496 e. The highest BCUT2D eigenvalue weighted by molar-refractivity contribution is 6.42. The summed E-state index contributed by atoms with van der Waals surface area (Å²) in [6, 6.07) is 8.44. The van der Waals surface area contributed by atoms with Crippen molar-refractivity contribution in [2.24, 2.45) is 5.16 Å². The molecule has 2 rings (SSSR count). The van der Waals surface area contributed by atoms with E-state index in [1.807, 2.05) is 0 Å². The number of rotatable bonds is 6. The van der Waals surface area contributed by atoms with Crippen molar-refractivity contribution in [2.45, 2.75) is 0 Å². The third kappa shape index (κ3) is 4.38. The van der Waals surface area contributed by atoms with Crippen LogP contribution in [0.1, 0.15) is 11.1 Å². The molecule has 0 aliphatic rings. The second-order valence-corrected chi connectivity index (χ2v) is 5.71. The molecule has 132 valence electrons. The van der Waals surface area contributed by atoms with Gasteiger partial charge in [0.2, 0.25) is 0 Å². The third-order valence-electron chi connectivity index (χ3n) is 3.48. The van der Waals surface area contributed by atoms with Gasteiger partial charge in [0.25, 0.3) is 0 Å². The lowest BCUT2D eigenvalue weighted by Gasteiger charge is -2.12. The summed E-state index contributed by atoms with van der Waals surface area (Å²) >= 11 is 11.9. The second-order valence-electron chi connectivity index (χ2n) is 4.90. The van der Waals surface area contributed by atoms with E-state index in [1.54, 1.807) is 63.8 Å². The van der Waals surface area contributed by atoms with Gasteiger partial charge in [0.05, 0.1) is 31.4 Å². The van der Waals surface area contributed by atoms with Crippen LogP contribution in [0.5, 0.6) is 17.2 Å². The fraction of sp³-hybridized carbons (Fsp3) is 0.167. The van der Waals surface area contributed by atoms with E-state index in [4.69, 9.17) is 37.4 Å². The highest BCUT2D eigenvalue weighted by Crippen LogP contribution is 2.35. The summed E-state index contributed by atoms with van der Waals surface area (Å²) in [7, 11) is 4.65. The molecule has 0 fully saturated rings. The Morgan fingerprint density at radius 3 is 2.12 bits per heavy atom. The molecule has 25 heavy (non-hydrogen) atoms. The number of allylic oxidation sites excluding steroid dienone is 1. The smallest absolute Gasteiger partial charge is 0.164 e. The van der Waals surface area contributed by atoms with E-state index in [2.05, 4.69) is 5.16 Å². The van der Waals surface area contributed by atoms with Gasteiger partial charge in [-0.15, -0.1) is 0 Å². The molecular formula is C18H17Cl2NO4. The summed E-state index contributed by atoms with van der Waals surface area (Å²) < 4.78 is 15.9. The van der Waals surface area contributed by atoms with Gasteiger partial charge in [-0.2, -0.15) is 0 Å². The first-order valence-corrected chi connectivity index (χ1v) is 7.95. The van der Waals surface area contributed by atoms with E-state index in [0.29, 0.717) is 38.6 Å². The van der Waals surface area contributed by atoms with Crippen molar-refractivity contribution in [2.75, 3.05) is 21.3 Å². The van der Waals surface area contributed by atoms with Crippen molar-refractivity contribution < 1.29 is 19.4 Å². The molecule has 1 N–H and O–H groups in total. The minimum absolute atomic E-state index is 0.315. The number of nitrogens with zero attached hydrogens (tertiary/aromatic N) is 1. The average Bonchev–Trinajstić information content (AvgIpc) is 2.64. The molecule has 0 saturated heterocycles. The number of hydrogen-bond acceptors (Lipinski definition) is 5. The molecule has 0 atom stereocenters. The van der Waals surface area contributed by atoms with Crippen LogP contribution in [0.25, 0.3) is 6.08 Å². The van der Waals surface area contributed by atoms with Gasteiger partial charge >= 0.3 is 0 Å². The van der Waals surface area contributed by atoms with Crippen LogP contribution in [0.3, 0.4) is 0 Å². The van der Waals surface area contributed by atoms with E-state index in [0.717, 1.165) is 5.56 Å². The van der Waals surface area contributed by atoms with E-state index in [9.17, 15) is 5.21 Å². The van der Waals surface area contributed by atoms with Crippen molar-refractivity contribution in [1.29, 1.82) is 0 Å². The number of halogens is 2. The zero-order valence-corrected chi connectivity index (χ0v) is 15.4. The minimum atomic E-state index is 0.315. The van der Waals surface area contributed by atoms with Crippen LogP contribution in [0.4, 0.5) is 0 Å². The molecule has 0 aliphatic heterocycles. The fourth-order valence-corrected chi connectivity index (χ4v) is 2.49. The number of hydrogen-bond donors (Lipinski definition) is 1. The van der Waals surface area contributed by atoms with Gasteiger partial charge in [-0.3, -0.25) is 0 Å². The minimum Gasteiger partial charge on any atom is -0.496 e. The predicted molar refractivity (Wildman–Crippen MR) is 99.9 cm³/mol. The summed E-state index contributed by atoms with van der Waals surface area (Å²) in [6.07, 6.45) is 3.36. The van der Waals surface area contributed by atoms with Crippen molar-refractivity contribution in [3.8, 4) is 17.2 Å². The summed E-state index contributed by atoms with van der Waals surface area (Å²) in [5.74, 6) is 1.69. The normalized spacial score (nSPS) is 11.6. The quantitative estimate of drug-likeness (QED) is 0.438. The molecule has 5 nitrogen and oxygen atoms in total. The zero-order chi connectivity index (χ0) is 18.4. The van der Waals surface area contributed by atoms with Crippen molar-refractivity contribution in [1.82, 2.24) is 0 Å². The Labute approximate surface area is 156 Å². The molecule has 0 aliphatic carbocycles. The van der Waals surface area contributed by atoms with Crippen LogP contribution in [0.15, 0.2) is 41.6 Å². The summed E-state index contributed by atoms with van der Waals surface area (Å²) in [5.41, 5.74) is 1.66. The Morgan fingerprint density at radius 2 is 1.56 bits per heavy atom. The van der Waals surface area contributed by atoms with E-state index in [-0.39, 0.29) is 0 Å².